The molecule has 0 spiro atoms. The number of alkyl halides is 6. The minimum Gasteiger partial charge on any atom is -0.382 e. The van der Waals surface area contributed by atoms with E-state index >= 15 is 0 Å². The fourth-order valence-electron chi connectivity index (χ4n) is 5.77. The van der Waals surface area contributed by atoms with Crippen molar-refractivity contribution in [2.24, 2.45) is 11.8 Å². The number of nitrogens with zero attached hydrogens (tertiary/aromatic N) is 3. The van der Waals surface area contributed by atoms with Gasteiger partial charge in [-0.1, -0.05) is 0 Å². The van der Waals surface area contributed by atoms with Gasteiger partial charge in [-0.3, -0.25) is 15.2 Å². The van der Waals surface area contributed by atoms with Gasteiger partial charge in [0.05, 0.1) is 11.1 Å². The molecule has 1 aliphatic carbocycles. The smallest absolute Gasteiger partial charge is 0.382 e. The second-order valence-corrected chi connectivity index (χ2v) is 10.9. The van der Waals surface area contributed by atoms with E-state index in [0.29, 0.717) is 45.3 Å². The lowest BCUT2D eigenvalue weighted by Crippen LogP contribution is -2.42. The predicted molar refractivity (Wildman–Crippen MR) is 141 cm³/mol. The maximum Gasteiger partial charge on any atom is 0.418 e. The Bertz CT molecular complexity index is 1170. The molecule has 1 saturated heterocycles. The molecule has 2 fully saturated rings. The zero-order valence-corrected chi connectivity index (χ0v) is 22.5. The first-order valence-electron chi connectivity index (χ1n) is 13.5. The molecule has 1 amide bonds. The molecule has 41 heavy (non-hydrogen) atoms. The molecule has 1 aliphatic heterocycles. The molecule has 0 unspecified atom stereocenters. The molecule has 13 heteroatoms. The van der Waals surface area contributed by atoms with Crippen LogP contribution < -0.4 is 15.4 Å². The summed E-state index contributed by atoms with van der Waals surface area (Å²) in [6.07, 6.45) is -5.11. The fourth-order valence-corrected chi connectivity index (χ4v) is 5.77. The summed E-state index contributed by atoms with van der Waals surface area (Å²) in [5.74, 6) is 0.159. The van der Waals surface area contributed by atoms with Crippen molar-refractivity contribution in [3.05, 3.63) is 53.6 Å². The first kappa shape index (κ1) is 30.8. The number of piperidine rings is 1. The van der Waals surface area contributed by atoms with Gasteiger partial charge in [0.25, 0.3) is 0 Å². The van der Waals surface area contributed by atoms with Gasteiger partial charge in [-0.2, -0.15) is 26.3 Å². The maximum absolute atomic E-state index is 13.3. The van der Waals surface area contributed by atoms with Crippen molar-refractivity contribution in [2.45, 2.75) is 56.9 Å². The van der Waals surface area contributed by atoms with E-state index in [-0.39, 0.29) is 29.5 Å². The summed E-state index contributed by atoms with van der Waals surface area (Å²) in [6.45, 7) is 1.98. The van der Waals surface area contributed by atoms with Crippen LogP contribution in [0.4, 0.5) is 43.4 Å². The highest BCUT2D eigenvalue weighted by Crippen LogP contribution is 2.38. The minimum absolute atomic E-state index is 0.0447. The van der Waals surface area contributed by atoms with Crippen LogP contribution in [0.5, 0.6) is 0 Å². The lowest BCUT2D eigenvalue weighted by molar-refractivity contribution is -0.139. The average molecular weight is 589 g/mol. The van der Waals surface area contributed by atoms with Crippen LogP contribution in [0, 0.1) is 11.8 Å². The van der Waals surface area contributed by atoms with Crippen LogP contribution in [0.2, 0.25) is 0 Å². The van der Waals surface area contributed by atoms with Gasteiger partial charge in [0.1, 0.15) is 5.69 Å². The monoisotopic (exact) mass is 588 g/mol. The molecule has 2 aliphatic rings. The Hall–Kier alpha value is -3.19. The van der Waals surface area contributed by atoms with Crippen molar-refractivity contribution in [1.29, 1.82) is 0 Å². The van der Waals surface area contributed by atoms with E-state index in [9.17, 15) is 31.1 Å². The molecule has 0 bridgehead atoms. The van der Waals surface area contributed by atoms with Crippen LogP contribution >= 0.6 is 0 Å². The molecule has 0 radical (unpaired) electrons. The topological polar surface area (TPSA) is 79.3 Å². The molecule has 7 nitrogen and oxygen atoms in total. The Kier molecular flexibility index (Phi) is 9.27. The normalized spacial score (nSPS) is 20.6. The van der Waals surface area contributed by atoms with Crippen molar-refractivity contribution in [3.8, 4) is 0 Å². The van der Waals surface area contributed by atoms with Gasteiger partial charge in [-0.15, -0.1) is 5.23 Å². The van der Waals surface area contributed by atoms with Crippen molar-refractivity contribution >= 4 is 23.0 Å². The third kappa shape index (κ3) is 7.76. The molecule has 4 rings (SSSR count). The second-order valence-electron chi connectivity index (χ2n) is 10.9. The third-order valence-corrected chi connectivity index (χ3v) is 8.05. The molecule has 0 atom stereocenters. The summed E-state index contributed by atoms with van der Waals surface area (Å²) in [4.78, 5) is 16.9. The molecule has 0 aromatic heterocycles. The van der Waals surface area contributed by atoms with E-state index in [1.54, 1.807) is 11.9 Å². The van der Waals surface area contributed by atoms with Gasteiger partial charge in [0.15, 0.2) is 0 Å². The molecular weight excluding hydrogens is 554 g/mol. The lowest BCUT2D eigenvalue weighted by Gasteiger charge is -2.37. The van der Waals surface area contributed by atoms with Crippen LogP contribution in [0.15, 0.2) is 42.5 Å². The molecule has 2 aromatic rings. The summed E-state index contributed by atoms with van der Waals surface area (Å²) >= 11 is 0. The number of halogens is 6. The highest BCUT2D eigenvalue weighted by atomic mass is 19.4. The summed E-state index contributed by atoms with van der Waals surface area (Å²) in [5, 5.41) is 20.7. The standard InChI is InChI=1S/C28H34F6N4O3/c1-36(17-18-12-14-37(15-13-18)23-9-4-20(5-10-23)27(29,30)31)26(39)19-2-6-21(7-3-19)35-22-8-11-25(38(40)41)24(16-22)28(32,33)34/h4-5,8-11,16,18-19,21,35,40-41H,2-3,6-7,12-15,17H2,1H3. The van der Waals surface area contributed by atoms with Crippen LogP contribution in [-0.2, 0) is 17.1 Å². The zero-order valence-electron chi connectivity index (χ0n) is 22.5. The van der Waals surface area contributed by atoms with Gasteiger partial charge >= 0.3 is 12.4 Å². The second kappa shape index (κ2) is 12.4. The summed E-state index contributed by atoms with van der Waals surface area (Å²) in [6, 6.07) is 8.20. The number of carbonyl (C=O) groups is 1. The predicted octanol–water partition coefficient (Wildman–Crippen LogP) is 6.65. The van der Waals surface area contributed by atoms with Gasteiger partial charge in [0, 0.05) is 50.0 Å². The highest BCUT2D eigenvalue weighted by Gasteiger charge is 2.36. The van der Waals surface area contributed by atoms with E-state index in [0.717, 1.165) is 42.8 Å². The summed E-state index contributed by atoms with van der Waals surface area (Å²) in [7, 11) is 1.78. The highest BCUT2D eigenvalue weighted by molar-refractivity contribution is 5.78. The summed E-state index contributed by atoms with van der Waals surface area (Å²) < 4.78 is 78.5. The number of hydrogen-bond donors (Lipinski definition) is 3. The largest absolute Gasteiger partial charge is 0.418 e. The van der Waals surface area contributed by atoms with Crippen LogP contribution in [0.3, 0.4) is 0 Å². The number of benzene rings is 2. The zero-order chi connectivity index (χ0) is 29.9. The number of hydrogen-bond acceptors (Lipinski definition) is 6. The Labute approximate surface area is 234 Å². The van der Waals surface area contributed by atoms with E-state index in [1.165, 1.54) is 18.2 Å². The molecule has 1 saturated carbocycles. The van der Waals surface area contributed by atoms with Crippen LogP contribution in [-0.4, -0.2) is 53.9 Å². The Morgan fingerprint density at radius 3 is 2.05 bits per heavy atom. The van der Waals surface area contributed by atoms with E-state index in [4.69, 9.17) is 10.4 Å². The van der Waals surface area contributed by atoms with Crippen molar-refractivity contribution in [2.75, 3.05) is 42.1 Å². The van der Waals surface area contributed by atoms with Crippen molar-refractivity contribution in [3.63, 3.8) is 0 Å². The Balaban J connectivity index is 1.23. The third-order valence-electron chi connectivity index (χ3n) is 8.05. The quantitative estimate of drug-likeness (QED) is 0.248. The lowest BCUT2D eigenvalue weighted by atomic mass is 9.84. The number of rotatable bonds is 7. The fraction of sp³-hybridized carbons (Fsp3) is 0.536. The molecular formula is C28H34F6N4O3. The van der Waals surface area contributed by atoms with Crippen molar-refractivity contribution in [1.82, 2.24) is 4.90 Å². The molecule has 226 valence electrons. The minimum atomic E-state index is -4.77. The van der Waals surface area contributed by atoms with E-state index in [2.05, 4.69) is 10.2 Å². The van der Waals surface area contributed by atoms with Crippen LogP contribution in [0.25, 0.3) is 0 Å². The van der Waals surface area contributed by atoms with Crippen molar-refractivity contribution < 1.29 is 41.6 Å². The average Bonchev–Trinajstić information content (AvgIpc) is 2.92. The van der Waals surface area contributed by atoms with Gasteiger partial charge in [0.2, 0.25) is 5.91 Å². The number of amides is 1. The Morgan fingerprint density at radius 1 is 0.902 bits per heavy atom. The van der Waals surface area contributed by atoms with E-state index < -0.39 is 34.4 Å². The Morgan fingerprint density at radius 2 is 1.51 bits per heavy atom. The van der Waals surface area contributed by atoms with Gasteiger partial charge in [-0.25, -0.2) is 0 Å². The number of carbonyl (C=O) groups excluding carboxylic acids is 1. The van der Waals surface area contributed by atoms with E-state index in [1.807, 2.05) is 0 Å². The number of nitrogens with one attached hydrogen (secondary N) is 1. The first-order valence-corrected chi connectivity index (χ1v) is 13.5. The molecule has 3 N–H and O–H groups in total. The summed E-state index contributed by atoms with van der Waals surface area (Å²) in [5.41, 5.74) is -1.67. The van der Waals surface area contributed by atoms with Crippen LogP contribution in [0.1, 0.15) is 49.7 Å². The van der Waals surface area contributed by atoms with Gasteiger partial charge < -0.3 is 15.1 Å². The van der Waals surface area contributed by atoms with Gasteiger partial charge in [-0.05, 0) is 86.9 Å². The maximum atomic E-state index is 13.3. The molecule has 1 heterocycles. The SMILES string of the molecule is CN(CC1CCN(c2ccc(C(F)(F)F)cc2)CC1)C(=O)C1CCC(Nc2ccc(N(O)O)c(C(F)(F)F)c2)CC1. The first-order chi connectivity index (χ1) is 19.2. The molecule has 2 aromatic carbocycles. The number of anilines is 3.